The number of carbonyl (C=O) groups excluding carboxylic acids is 2. The molecule has 4 rings (SSSR count). The molecule has 1 unspecified atom stereocenters. The van der Waals surface area contributed by atoms with Crippen LogP contribution < -0.4 is 10.6 Å². The highest BCUT2D eigenvalue weighted by atomic mass is 19.1. The Balaban J connectivity index is 1.53. The molecule has 3 aromatic carbocycles. The lowest BCUT2D eigenvalue weighted by Crippen LogP contribution is -2.38. The predicted octanol–water partition coefficient (Wildman–Crippen LogP) is 3.91. The molecule has 0 radical (unpaired) electrons. The largest absolute Gasteiger partial charge is 0.445 e. The van der Waals surface area contributed by atoms with Crippen molar-refractivity contribution in [1.82, 2.24) is 5.32 Å². The summed E-state index contributed by atoms with van der Waals surface area (Å²) in [4.78, 5) is 29.4. The molecule has 7 heteroatoms. The van der Waals surface area contributed by atoms with Crippen LogP contribution in [0.3, 0.4) is 0 Å². The number of alkyl carbamates (subject to hydrolysis) is 1. The Hall–Kier alpha value is -4.00. The standard InChI is InChI=1S/C24H20FN3O3/c25-19-13-7-12-18-21(17-10-5-2-6-11-17)27-20(23(29)28-22(18)19)14-26-24(30)31-15-16-8-3-1-4-9-16/h1-13,20H,14-15H2,(H,26,30)(H,28,29). The maximum absolute atomic E-state index is 14.5. The molecule has 31 heavy (non-hydrogen) atoms. The summed E-state index contributed by atoms with van der Waals surface area (Å²) in [6.45, 7) is 0.0180. The number of ether oxygens (including phenoxy) is 1. The fourth-order valence-electron chi connectivity index (χ4n) is 3.26. The van der Waals surface area contributed by atoms with Gasteiger partial charge in [-0.15, -0.1) is 0 Å². The van der Waals surface area contributed by atoms with Gasteiger partial charge in [0, 0.05) is 11.1 Å². The van der Waals surface area contributed by atoms with E-state index in [-0.39, 0.29) is 18.8 Å². The van der Waals surface area contributed by atoms with E-state index in [2.05, 4.69) is 15.6 Å². The van der Waals surface area contributed by atoms with E-state index in [0.29, 0.717) is 11.3 Å². The van der Waals surface area contributed by atoms with E-state index in [9.17, 15) is 14.0 Å². The molecule has 2 N–H and O–H groups in total. The van der Waals surface area contributed by atoms with Crippen LogP contribution in [0, 0.1) is 5.82 Å². The van der Waals surface area contributed by atoms with Crippen LogP contribution >= 0.6 is 0 Å². The van der Waals surface area contributed by atoms with Crippen LogP contribution in [0.4, 0.5) is 14.9 Å². The molecule has 0 fully saturated rings. The summed E-state index contributed by atoms with van der Waals surface area (Å²) >= 11 is 0. The van der Waals surface area contributed by atoms with Crippen LogP contribution in [0.1, 0.15) is 16.7 Å². The Morgan fingerprint density at radius 2 is 1.71 bits per heavy atom. The summed E-state index contributed by atoms with van der Waals surface area (Å²) in [6, 6.07) is 22.1. The third-order valence-corrected chi connectivity index (χ3v) is 4.80. The molecule has 0 saturated heterocycles. The van der Waals surface area contributed by atoms with Gasteiger partial charge >= 0.3 is 6.09 Å². The Kier molecular flexibility index (Phi) is 6.03. The quantitative estimate of drug-likeness (QED) is 0.661. The molecule has 0 saturated carbocycles. The zero-order valence-corrected chi connectivity index (χ0v) is 16.5. The third-order valence-electron chi connectivity index (χ3n) is 4.80. The van der Waals surface area contributed by atoms with Crippen LogP contribution in [0.15, 0.2) is 83.9 Å². The molecule has 0 aliphatic carbocycles. The summed E-state index contributed by atoms with van der Waals surface area (Å²) in [7, 11) is 0. The first-order valence-corrected chi connectivity index (χ1v) is 9.79. The number of para-hydroxylation sites is 1. The van der Waals surface area contributed by atoms with Crippen molar-refractivity contribution in [3.05, 3.63) is 101 Å². The number of amides is 2. The van der Waals surface area contributed by atoms with E-state index in [1.54, 1.807) is 12.1 Å². The van der Waals surface area contributed by atoms with Crippen LogP contribution in [-0.4, -0.2) is 30.3 Å². The number of hydrogen-bond donors (Lipinski definition) is 2. The first-order chi connectivity index (χ1) is 15.1. The topological polar surface area (TPSA) is 79.8 Å². The lowest BCUT2D eigenvalue weighted by molar-refractivity contribution is -0.117. The second kappa shape index (κ2) is 9.21. The lowest BCUT2D eigenvalue weighted by Gasteiger charge is -2.13. The fraction of sp³-hybridized carbons (Fsp3) is 0.125. The van der Waals surface area contributed by atoms with E-state index >= 15 is 0 Å². The van der Waals surface area contributed by atoms with E-state index in [0.717, 1.165) is 11.1 Å². The average Bonchev–Trinajstić information content (AvgIpc) is 2.94. The molecule has 1 atom stereocenters. The average molecular weight is 417 g/mol. The molecular weight excluding hydrogens is 397 g/mol. The number of hydrogen-bond acceptors (Lipinski definition) is 4. The lowest BCUT2D eigenvalue weighted by atomic mass is 10.0. The van der Waals surface area contributed by atoms with Gasteiger partial charge < -0.3 is 15.4 Å². The van der Waals surface area contributed by atoms with Crippen LogP contribution in [-0.2, 0) is 16.1 Å². The van der Waals surface area contributed by atoms with Crippen molar-refractivity contribution in [2.75, 3.05) is 11.9 Å². The Bertz CT molecular complexity index is 1120. The van der Waals surface area contributed by atoms with Crippen molar-refractivity contribution in [2.24, 2.45) is 4.99 Å². The molecular formula is C24H20FN3O3. The zero-order valence-electron chi connectivity index (χ0n) is 16.5. The van der Waals surface area contributed by atoms with Gasteiger partial charge in [0.15, 0.2) is 0 Å². The number of benzodiazepines with no additional fused rings is 1. The maximum Gasteiger partial charge on any atom is 0.407 e. The molecule has 1 heterocycles. The van der Waals surface area contributed by atoms with Gasteiger partial charge in [0.2, 0.25) is 0 Å². The monoisotopic (exact) mass is 417 g/mol. The van der Waals surface area contributed by atoms with Gasteiger partial charge in [0.1, 0.15) is 18.5 Å². The van der Waals surface area contributed by atoms with Crippen LogP contribution in [0.5, 0.6) is 0 Å². The highest BCUT2D eigenvalue weighted by molar-refractivity contribution is 6.19. The molecule has 1 aliphatic heterocycles. The van der Waals surface area contributed by atoms with E-state index in [1.807, 2.05) is 60.7 Å². The van der Waals surface area contributed by atoms with Crippen molar-refractivity contribution in [1.29, 1.82) is 0 Å². The number of benzene rings is 3. The maximum atomic E-state index is 14.5. The van der Waals surface area contributed by atoms with Gasteiger partial charge in [-0.25, -0.2) is 9.18 Å². The zero-order chi connectivity index (χ0) is 21.6. The predicted molar refractivity (Wildman–Crippen MR) is 116 cm³/mol. The van der Waals surface area contributed by atoms with Gasteiger partial charge in [-0.1, -0.05) is 72.8 Å². The van der Waals surface area contributed by atoms with E-state index in [4.69, 9.17) is 4.74 Å². The van der Waals surface area contributed by atoms with Crippen molar-refractivity contribution >= 4 is 23.4 Å². The summed E-state index contributed by atoms with van der Waals surface area (Å²) in [6.07, 6.45) is -0.666. The van der Waals surface area contributed by atoms with Gasteiger partial charge in [-0.3, -0.25) is 9.79 Å². The molecule has 6 nitrogen and oxygen atoms in total. The van der Waals surface area contributed by atoms with Gasteiger partial charge in [0.25, 0.3) is 5.91 Å². The number of fused-ring (bicyclic) bond motifs is 1. The molecule has 0 bridgehead atoms. The van der Waals surface area contributed by atoms with Crippen molar-refractivity contribution < 1.29 is 18.7 Å². The molecule has 0 spiro atoms. The number of anilines is 1. The summed E-state index contributed by atoms with van der Waals surface area (Å²) in [5, 5.41) is 5.17. The Morgan fingerprint density at radius 3 is 2.45 bits per heavy atom. The Morgan fingerprint density at radius 1 is 1.00 bits per heavy atom. The van der Waals surface area contributed by atoms with Crippen molar-refractivity contribution in [3.8, 4) is 0 Å². The third kappa shape index (κ3) is 4.78. The van der Waals surface area contributed by atoms with Crippen LogP contribution in [0.25, 0.3) is 0 Å². The van der Waals surface area contributed by atoms with Crippen LogP contribution in [0.2, 0.25) is 0 Å². The molecule has 2 amide bonds. The smallest absolute Gasteiger partial charge is 0.407 e. The minimum absolute atomic E-state index is 0.0734. The second-order valence-electron chi connectivity index (χ2n) is 6.95. The second-order valence-corrected chi connectivity index (χ2v) is 6.95. The summed E-state index contributed by atoms with van der Waals surface area (Å²) < 4.78 is 19.6. The first kappa shape index (κ1) is 20.3. The molecule has 3 aromatic rings. The van der Waals surface area contributed by atoms with Gasteiger partial charge in [-0.05, 0) is 11.6 Å². The molecule has 0 aromatic heterocycles. The first-order valence-electron chi connectivity index (χ1n) is 9.79. The van der Waals surface area contributed by atoms with Gasteiger partial charge in [-0.2, -0.15) is 0 Å². The number of halogens is 1. The summed E-state index contributed by atoms with van der Waals surface area (Å²) in [5.41, 5.74) is 2.61. The highest BCUT2D eigenvalue weighted by Gasteiger charge is 2.28. The minimum Gasteiger partial charge on any atom is -0.445 e. The van der Waals surface area contributed by atoms with Crippen molar-refractivity contribution in [3.63, 3.8) is 0 Å². The van der Waals surface area contributed by atoms with E-state index in [1.165, 1.54) is 6.07 Å². The minimum atomic E-state index is -0.953. The highest BCUT2D eigenvalue weighted by Crippen LogP contribution is 2.26. The number of nitrogens with one attached hydrogen (secondary N) is 2. The SMILES string of the molecule is O=C(NCC1N=C(c2ccccc2)c2cccc(F)c2NC1=O)OCc1ccccc1. The van der Waals surface area contributed by atoms with Gasteiger partial charge in [0.05, 0.1) is 17.9 Å². The number of carbonyl (C=O) groups is 2. The number of rotatable bonds is 5. The molecule has 1 aliphatic rings. The summed E-state index contributed by atoms with van der Waals surface area (Å²) in [5.74, 6) is -1.06. The number of aliphatic imine (C=N–C) groups is 1. The number of nitrogens with zero attached hydrogens (tertiary/aromatic N) is 1. The Labute approximate surface area is 178 Å². The fourth-order valence-corrected chi connectivity index (χ4v) is 3.26. The van der Waals surface area contributed by atoms with Crippen molar-refractivity contribution in [2.45, 2.75) is 12.6 Å². The molecule has 156 valence electrons. The normalized spacial score (nSPS) is 15.2. The van der Waals surface area contributed by atoms with E-state index < -0.39 is 23.9 Å².